The first-order valence-corrected chi connectivity index (χ1v) is 5.12. The van der Waals surface area contributed by atoms with E-state index in [4.69, 9.17) is 51.1 Å². The first-order chi connectivity index (χ1) is 9.20. The molecule has 0 aromatic heterocycles. The predicted molar refractivity (Wildman–Crippen MR) is 75.4 cm³/mol. The fraction of sp³-hybridized carbons (Fsp3) is 0.455. The lowest BCUT2D eigenvalue weighted by molar-refractivity contribution is -0.135. The third kappa shape index (κ3) is 6560. The zero-order valence-electron chi connectivity index (χ0n) is 12.7. The van der Waals surface area contributed by atoms with Crippen LogP contribution in [0.1, 0.15) is 34.6 Å². The molecule has 0 aliphatic rings. The monoisotopic (exact) mass is 312 g/mol. The molecule has 0 radical (unpaired) electrons. The van der Waals surface area contributed by atoms with Gasteiger partial charge < -0.3 is 31.9 Å². The highest BCUT2D eigenvalue weighted by atomic mass is 16.4. The molecule has 0 bridgehead atoms. The summed E-state index contributed by atoms with van der Waals surface area (Å²) in [6.07, 6.45) is 1.36. The molecule has 0 atom stereocenters. The van der Waals surface area contributed by atoms with Crippen LogP contribution in [-0.2, 0) is 19.2 Å². The van der Waals surface area contributed by atoms with Crippen LogP contribution in [0.25, 0.3) is 0 Å². The molecule has 0 aromatic rings. The number of carboxylic acids is 4. The molecule has 0 saturated heterocycles. The van der Waals surface area contributed by atoms with Crippen LogP contribution in [0.4, 0.5) is 0 Å². The Kier molecular flexibility index (Phi) is 38.2. The van der Waals surface area contributed by atoms with Crippen molar-refractivity contribution in [2.75, 3.05) is 0 Å². The first-order valence-electron chi connectivity index (χ1n) is 5.12. The van der Waals surface area contributed by atoms with Crippen LogP contribution in [0.2, 0.25) is 0 Å². The van der Waals surface area contributed by atoms with E-state index < -0.39 is 23.9 Å². The van der Waals surface area contributed by atoms with Crippen molar-refractivity contribution in [1.82, 2.24) is 0 Å². The number of carboxylic acid groups (broad SMARTS) is 4. The van der Waals surface area contributed by atoms with Gasteiger partial charge in [0.25, 0.3) is 23.9 Å². The van der Waals surface area contributed by atoms with E-state index in [0.29, 0.717) is 5.70 Å². The minimum atomic E-state index is -0.833. The Morgan fingerprint density at radius 2 is 0.714 bits per heavy atom. The zero-order valence-corrected chi connectivity index (χ0v) is 12.7. The largest absolute Gasteiger partial charge is 0.481 e. The van der Waals surface area contributed by atoms with Gasteiger partial charge in [-0.05, 0) is 6.92 Å². The van der Waals surface area contributed by atoms with E-state index in [2.05, 4.69) is 0 Å². The van der Waals surface area contributed by atoms with E-state index in [-0.39, 0.29) is 0 Å². The summed E-state index contributed by atoms with van der Waals surface area (Å²) in [5.41, 5.74) is 10.6. The highest BCUT2D eigenvalue weighted by molar-refractivity contribution is 5.63. The molecule has 0 aromatic carbocycles. The van der Waals surface area contributed by atoms with Crippen LogP contribution in [0.3, 0.4) is 0 Å². The van der Waals surface area contributed by atoms with Crippen molar-refractivity contribution in [2.24, 2.45) is 11.5 Å². The molecule has 21 heavy (non-hydrogen) atoms. The SMILES string of the molecule is CC(=O)O.CC(=O)O.CC(=O)O.CC(=O)O.CC(N)=CN. The molecule has 0 fully saturated rings. The summed E-state index contributed by atoms with van der Waals surface area (Å²) >= 11 is 0. The van der Waals surface area contributed by atoms with Gasteiger partial charge in [-0.1, -0.05) is 0 Å². The molecular weight excluding hydrogens is 288 g/mol. The van der Waals surface area contributed by atoms with Crippen LogP contribution in [0.15, 0.2) is 11.9 Å². The molecule has 10 heteroatoms. The first kappa shape index (κ1) is 30.9. The Balaban J connectivity index is -0.0000000510. The summed E-state index contributed by atoms with van der Waals surface area (Å²) in [5.74, 6) is -3.33. The lowest BCUT2D eigenvalue weighted by Crippen LogP contribution is -1.93. The van der Waals surface area contributed by atoms with Crippen molar-refractivity contribution in [1.29, 1.82) is 0 Å². The Morgan fingerprint density at radius 3 is 0.714 bits per heavy atom. The molecule has 8 N–H and O–H groups in total. The Bertz CT molecular complexity index is 258. The molecule has 0 amide bonds. The lowest BCUT2D eigenvalue weighted by atomic mass is 10.6. The quantitative estimate of drug-likeness (QED) is 0.356. The summed E-state index contributed by atoms with van der Waals surface area (Å²) in [4.78, 5) is 36.0. The zero-order chi connectivity index (χ0) is 18.6. The number of aliphatic carboxylic acids is 4. The number of nitrogens with two attached hydrogens (primary N) is 2. The summed E-state index contributed by atoms with van der Waals surface area (Å²) in [5, 5.41) is 29.7. The maximum Gasteiger partial charge on any atom is 0.300 e. The number of carbonyl (C=O) groups is 4. The molecule has 0 aliphatic heterocycles. The fourth-order valence-corrected chi connectivity index (χ4v) is 0. The molecular formula is C11H24N2O8. The van der Waals surface area contributed by atoms with Crippen molar-refractivity contribution in [2.45, 2.75) is 34.6 Å². The van der Waals surface area contributed by atoms with Crippen molar-refractivity contribution in [3.8, 4) is 0 Å². The van der Waals surface area contributed by atoms with Gasteiger partial charge in [-0.2, -0.15) is 0 Å². The Hall–Kier alpha value is -2.78. The van der Waals surface area contributed by atoms with Gasteiger partial charge in [0.15, 0.2) is 0 Å². The molecule has 0 spiro atoms. The lowest BCUT2D eigenvalue weighted by Gasteiger charge is -1.76. The molecule has 10 nitrogen and oxygen atoms in total. The second kappa shape index (κ2) is 25.9. The second-order valence-corrected chi connectivity index (χ2v) is 2.99. The van der Waals surface area contributed by atoms with Gasteiger partial charge in [-0.3, -0.25) is 19.2 Å². The van der Waals surface area contributed by atoms with Gasteiger partial charge >= 0.3 is 0 Å². The van der Waals surface area contributed by atoms with Gasteiger partial charge in [0.05, 0.1) is 0 Å². The number of allylic oxidation sites excluding steroid dienone is 1. The van der Waals surface area contributed by atoms with Crippen molar-refractivity contribution in [3.63, 3.8) is 0 Å². The molecule has 0 rings (SSSR count). The maximum absolute atomic E-state index is 9.00. The third-order valence-corrected chi connectivity index (χ3v) is 0.263. The summed E-state index contributed by atoms with van der Waals surface area (Å²) < 4.78 is 0. The number of rotatable bonds is 0. The van der Waals surface area contributed by atoms with Crippen molar-refractivity contribution >= 4 is 23.9 Å². The average molecular weight is 312 g/mol. The maximum atomic E-state index is 9.00. The summed E-state index contributed by atoms with van der Waals surface area (Å²) in [6, 6.07) is 0. The van der Waals surface area contributed by atoms with Gasteiger partial charge in [0.1, 0.15) is 0 Å². The normalized spacial score (nSPS) is 7.57. The molecule has 0 heterocycles. The van der Waals surface area contributed by atoms with Crippen molar-refractivity contribution in [3.05, 3.63) is 11.9 Å². The van der Waals surface area contributed by atoms with Crippen molar-refractivity contribution < 1.29 is 39.6 Å². The fourth-order valence-electron chi connectivity index (χ4n) is 0. The van der Waals surface area contributed by atoms with Gasteiger partial charge in [0, 0.05) is 39.6 Å². The van der Waals surface area contributed by atoms with E-state index >= 15 is 0 Å². The van der Waals surface area contributed by atoms with Gasteiger partial charge in [-0.15, -0.1) is 0 Å². The van der Waals surface area contributed by atoms with Crippen LogP contribution in [0.5, 0.6) is 0 Å². The smallest absolute Gasteiger partial charge is 0.300 e. The second-order valence-electron chi connectivity index (χ2n) is 2.99. The van der Waals surface area contributed by atoms with Gasteiger partial charge in [0.2, 0.25) is 0 Å². The van der Waals surface area contributed by atoms with Crippen LogP contribution in [0, 0.1) is 0 Å². The Morgan fingerprint density at radius 1 is 0.667 bits per heavy atom. The van der Waals surface area contributed by atoms with Crippen LogP contribution in [-0.4, -0.2) is 44.3 Å². The standard InChI is InChI=1S/C3H8N2.4C2H4O2/c1-3(5)2-4;4*1-2(3)4/h2H,4-5H2,1H3;4*1H3,(H,3,4). The average Bonchev–Trinajstić information content (AvgIpc) is 2.13. The van der Waals surface area contributed by atoms with E-state index in [1.54, 1.807) is 6.92 Å². The topological polar surface area (TPSA) is 201 Å². The molecule has 0 aliphatic carbocycles. The highest BCUT2D eigenvalue weighted by Gasteiger charge is 1.66. The van der Waals surface area contributed by atoms with Gasteiger partial charge in [-0.25, -0.2) is 0 Å². The molecule has 0 saturated carbocycles. The third-order valence-electron chi connectivity index (χ3n) is 0.263. The minimum Gasteiger partial charge on any atom is -0.481 e. The molecule has 0 unspecified atom stereocenters. The summed E-state index contributed by atoms with van der Waals surface area (Å²) in [6.45, 7) is 6.07. The highest BCUT2D eigenvalue weighted by Crippen LogP contribution is 1.65. The summed E-state index contributed by atoms with van der Waals surface area (Å²) in [7, 11) is 0. The van der Waals surface area contributed by atoms with Crippen LogP contribution < -0.4 is 11.5 Å². The molecule has 126 valence electrons. The van der Waals surface area contributed by atoms with E-state index in [1.807, 2.05) is 0 Å². The predicted octanol–water partition coefficient (Wildman–Crippen LogP) is 0.129. The van der Waals surface area contributed by atoms with E-state index in [9.17, 15) is 0 Å². The van der Waals surface area contributed by atoms with E-state index in [1.165, 1.54) is 6.20 Å². The van der Waals surface area contributed by atoms with E-state index in [0.717, 1.165) is 27.7 Å². The number of hydrogen-bond acceptors (Lipinski definition) is 6. The number of hydrogen-bond donors (Lipinski definition) is 6. The Labute approximate surface area is 122 Å². The van der Waals surface area contributed by atoms with Crippen LogP contribution >= 0.6 is 0 Å². The minimum absolute atomic E-state index is 0.657.